The minimum Gasteiger partial charge on any atom is -0.384 e. The molecule has 0 spiro atoms. The molecule has 0 bridgehead atoms. The van der Waals surface area contributed by atoms with Gasteiger partial charge in [-0.1, -0.05) is 35.6 Å². The zero-order valence-electron chi connectivity index (χ0n) is 12.1. The Labute approximate surface area is 140 Å². The second-order valence-corrected chi connectivity index (χ2v) is 4.72. The molecule has 128 valence electrons. The van der Waals surface area contributed by atoms with Crippen molar-refractivity contribution in [1.82, 2.24) is 0 Å². The average molecular weight is 361 g/mol. The molecule has 0 unspecified atom stereocenters. The third kappa shape index (κ3) is 5.48. The molecule has 0 fully saturated rings. The summed E-state index contributed by atoms with van der Waals surface area (Å²) in [6.45, 7) is -0.0610. The van der Waals surface area contributed by atoms with E-state index in [9.17, 15) is 23.3 Å². The third-order valence-electron chi connectivity index (χ3n) is 2.63. The smallest absolute Gasteiger partial charge is 0.384 e. The van der Waals surface area contributed by atoms with Gasteiger partial charge in [0.05, 0.1) is 17.0 Å². The molecular formula is C14H12ClF3N4O2. The van der Waals surface area contributed by atoms with E-state index in [4.69, 9.17) is 23.1 Å². The fraction of sp³-hybridized carbons (Fsp3) is 0.214. The summed E-state index contributed by atoms with van der Waals surface area (Å²) in [5.41, 5.74) is 8.76. The van der Waals surface area contributed by atoms with Gasteiger partial charge in [0, 0.05) is 12.0 Å². The number of hydrogen-bond donors (Lipinski definition) is 2. The van der Waals surface area contributed by atoms with Crippen LogP contribution in [0.3, 0.4) is 0 Å². The van der Waals surface area contributed by atoms with Crippen molar-refractivity contribution in [2.45, 2.75) is 12.6 Å². The monoisotopic (exact) mass is 360 g/mol. The zero-order valence-corrected chi connectivity index (χ0v) is 12.9. The Bertz CT molecular complexity index is 744. The van der Waals surface area contributed by atoms with Gasteiger partial charge in [-0.15, -0.1) is 0 Å². The fourth-order valence-electron chi connectivity index (χ4n) is 1.61. The van der Waals surface area contributed by atoms with Gasteiger partial charge >= 0.3 is 11.9 Å². The van der Waals surface area contributed by atoms with Gasteiger partial charge < -0.3 is 11.5 Å². The van der Waals surface area contributed by atoms with E-state index in [-0.39, 0.29) is 18.5 Å². The Kier molecular flexibility index (Phi) is 6.61. The first-order valence-corrected chi connectivity index (χ1v) is 6.77. The number of halogens is 4. The summed E-state index contributed by atoms with van der Waals surface area (Å²) >= 11 is 5.33. The minimum atomic E-state index is -4.50. The predicted octanol–water partition coefficient (Wildman–Crippen LogP) is 2.45. The van der Waals surface area contributed by atoms with E-state index in [0.717, 1.165) is 6.07 Å². The molecule has 4 N–H and O–H groups in total. The number of nitro groups is 1. The highest BCUT2D eigenvalue weighted by atomic mass is 35.5. The van der Waals surface area contributed by atoms with Crippen molar-refractivity contribution >= 4 is 17.4 Å². The molecule has 0 heterocycles. The van der Waals surface area contributed by atoms with Crippen molar-refractivity contribution in [3.8, 4) is 11.8 Å². The molecule has 0 amide bonds. The van der Waals surface area contributed by atoms with Crippen LogP contribution in [-0.4, -0.2) is 17.3 Å². The molecule has 0 radical (unpaired) electrons. The minimum absolute atomic E-state index is 0.0417. The highest BCUT2D eigenvalue weighted by molar-refractivity contribution is 6.31. The van der Waals surface area contributed by atoms with Crippen LogP contribution in [-0.2, 0) is 6.18 Å². The van der Waals surface area contributed by atoms with Crippen LogP contribution in [0.5, 0.6) is 0 Å². The Hall–Kier alpha value is -2.73. The second kappa shape index (κ2) is 8.21. The highest BCUT2D eigenvalue weighted by Gasteiger charge is 2.32. The summed E-state index contributed by atoms with van der Waals surface area (Å²) in [4.78, 5) is 13.5. The summed E-state index contributed by atoms with van der Waals surface area (Å²) < 4.78 is 38.3. The lowest BCUT2D eigenvalue weighted by molar-refractivity contribution is -0.415. The van der Waals surface area contributed by atoms with Crippen molar-refractivity contribution in [2.24, 2.45) is 16.5 Å². The number of alkyl halides is 3. The molecule has 0 aromatic heterocycles. The van der Waals surface area contributed by atoms with Gasteiger partial charge in [-0.2, -0.15) is 13.2 Å². The number of rotatable bonds is 4. The molecular weight excluding hydrogens is 349 g/mol. The summed E-state index contributed by atoms with van der Waals surface area (Å²) in [5, 5.41) is 10.1. The number of nitrogens with zero attached hydrogens (tertiary/aromatic N) is 2. The molecule has 6 nitrogen and oxygen atoms in total. The van der Waals surface area contributed by atoms with E-state index < -0.39 is 33.4 Å². The first kappa shape index (κ1) is 19.3. The van der Waals surface area contributed by atoms with Gasteiger partial charge in [0.15, 0.2) is 5.16 Å². The Morgan fingerprint density at radius 1 is 1.33 bits per heavy atom. The van der Waals surface area contributed by atoms with Gasteiger partial charge in [-0.05, 0) is 12.1 Å². The Balaban J connectivity index is 2.82. The topological polar surface area (TPSA) is 108 Å². The van der Waals surface area contributed by atoms with Crippen LogP contribution in [0.4, 0.5) is 13.2 Å². The van der Waals surface area contributed by atoms with Crippen LogP contribution in [0, 0.1) is 22.0 Å². The maximum atomic E-state index is 12.8. The lowest BCUT2D eigenvalue weighted by Crippen LogP contribution is -2.23. The van der Waals surface area contributed by atoms with Gasteiger partial charge in [0.25, 0.3) is 0 Å². The lowest BCUT2D eigenvalue weighted by Gasteiger charge is -2.07. The van der Waals surface area contributed by atoms with Crippen LogP contribution >= 0.6 is 11.6 Å². The van der Waals surface area contributed by atoms with Gasteiger partial charge in [-0.25, -0.2) is 0 Å². The van der Waals surface area contributed by atoms with E-state index in [1.54, 1.807) is 0 Å². The first-order chi connectivity index (χ1) is 11.1. The third-order valence-corrected chi connectivity index (χ3v) is 2.80. The standard InChI is InChI=1S/C14H12ClF3N4O2/c15-12(19)11(22(23)24)13(20)21-8-4-3-6-9-5-1-2-7-10(9)14(16,17)18/h1-2,5,7H,4,8,19H2,(H2,20,21). The van der Waals surface area contributed by atoms with Gasteiger partial charge in [0.1, 0.15) is 0 Å². The number of amidine groups is 1. The molecule has 0 aliphatic carbocycles. The van der Waals surface area contributed by atoms with E-state index in [1.807, 2.05) is 0 Å². The molecule has 0 saturated heterocycles. The van der Waals surface area contributed by atoms with Crippen LogP contribution in [0.25, 0.3) is 0 Å². The van der Waals surface area contributed by atoms with Gasteiger partial charge in [0.2, 0.25) is 5.84 Å². The van der Waals surface area contributed by atoms with Crippen LogP contribution < -0.4 is 11.5 Å². The summed E-state index contributed by atoms with van der Waals surface area (Å²) in [7, 11) is 0. The summed E-state index contributed by atoms with van der Waals surface area (Å²) in [5.74, 6) is 4.41. The average Bonchev–Trinajstić information content (AvgIpc) is 2.45. The Morgan fingerprint density at radius 3 is 2.50 bits per heavy atom. The molecule has 0 saturated carbocycles. The SMILES string of the molecule is NC(=NCCC#Cc1ccccc1C(F)(F)F)C(=C(N)Cl)[N+](=O)[O-]. The normalized spacial score (nSPS) is 12.9. The van der Waals surface area contributed by atoms with Crippen LogP contribution in [0.15, 0.2) is 40.1 Å². The first-order valence-electron chi connectivity index (χ1n) is 6.39. The quantitative estimate of drug-likeness (QED) is 0.163. The van der Waals surface area contributed by atoms with E-state index in [0.29, 0.717) is 0 Å². The van der Waals surface area contributed by atoms with Crippen LogP contribution in [0.2, 0.25) is 0 Å². The van der Waals surface area contributed by atoms with Crippen molar-refractivity contribution in [3.63, 3.8) is 0 Å². The largest absolute Gasteiger partial charge is 0.417 e. The maximum Gasteiger partial charge on any atom is 0.417 e. The van der Waals surface area contributed by atoms with Crippen molar-refractivity contribution in [2.75, 3.05) is 6.54 Å². The Morgan fingerprint density at radius 2 is 1.96 bits per heavy atom. The zero-order chi connectivity index (χ0) is 18.3. The molecule has 1 aromatic rings. The van der Waals surface area contributed by atoms with E-state index in [1.165, 1.54) is 18.2 Å². The number of aliphatic imine (C=N–C) groups is 1. The molecule has 1 rings (SSSR count). The lowest BCUT2D eigenvalue weighted by atomic mass is 10.1. The molecule has 0 atom stereocenters. The molecule has 10 heteroatoms. The van der Waals surface area contributed by atoms with E-state index >= 15 is 0 Å². The fourth-order valence-corrected chi connectivity index (χ4v) is 1.77. The second-order valence-electron chi connectivity index (χ2n) is 4.32. The van der Waals surface area contributed by atoms with Crippen molar-refractivity contribution < 1.29 is 18.1 Å². The predicted molar refractivity (Wildman–Crippen MR) is 83.5 cm³/mol. The molecule has 1 aromatic carbocycles. The molecule has 0 aliphatic rings. The maximum absolute atomic E-state index is 12.8. The summed E-state index contributed by atoms with van der Waals surface area (Å²) in [6, 6.07) is 4.88. The van der Waals surface area contributed by atoms with Gasteiger partial charge in [-0.3, -0.25) is 15.1 Å². The van der Waals surface area contributed by atoms with Crippen molar-refractivity contribution in [3.05, 3.63) is 56.4 Å². The summed E-state index contributed by atoms with van der Waals surface area (Å²) in [6.07, 6.45) is -4.46. The number of hydrogen-bond acceptors (Lipinski definition) is 4. The number of benzene rings is 1. The van der Waals surface area contributed by atoms with Crippen molar-refractivity contribution in [1.29, 1.82) is 0 Å². The number of nitrogens with two attached hydrogens (primary N) is 2. The van der Waals surface area contributed by atoms with Crippen LogP contribution in [0.1, 0.15) is 17.5 Å². The molecule has 0 aliphatic heterocycles. The highest BCUT2D eigenvalue weighted by Crippen LogP contribution is 2.31. The molecule has 24 heavy (non-hydrogen) atoms. The van der Waals surface area contributed by atoms with E-state index in [2.05, 4.69) is 16.8 Å².